The molecular weight excluding hydrogens is 255 g/mol. The molecule has 0 rings (SSSR count). The molecule has 0 aliphatic carbocycles. The quantitative estimate of drug-likeness (QED) is 0.499. The molecule has 4 heteroatoms. The molecule has 0 N–H and O–H groups in total. The Bertz CT molecular complexity index is 6.00. The van der Waals surface area contributed by atoms with Crippen LogP contribution in [0.3, 0.4) is 0 Å². The second-order valence-corrected chi connectivity index (χ2v) is 0. The van der Waals surface area contributed by atoms with Crippen LogP contribution in [0.15, 0.2) is 0 Å². The third-order valence-corrected chi connectivity index (χ3v) is 0. The molecule has 0 unspecified atom stereocenters. The fourth-order valence-electron chi connectivity index (χ4n) is 0. The summed E-state index contributed by atoms with van der Waals surface area (Å²) in [5, 5.41) is 0. The predicted molar refractivity (Wildman–Crippen MR) is 18.9 cm³/mol. The Morgan fingerprint density at radius 2 is 0.750 bits per heavy atom. The van der Waals surface area contributed by atoms with Crippen LogP contribution in [0.5, 0.6) is 0 Å². The molecule has 0 bridgehead atoms. The Labute approximate surface area is 66.6 Å². The normalized spacial score (nSPS) is 0. The van der Waals surface area contributed by atoms with Crippen LogP contribution in [-0.2, 0) is 33.0 Å². The monoisotopic (exact) mass is 256 g/mol. The molecule has 0 aromatic carbocycles. The summed E-state index contributed by atoms with van der Waals surface area (Å²) in [7, 11) is 0. The molecule has 0 atom stereocenters. The minimum Gasteiger partial charge on any atom is -2.00 e. The van der Waals surface area contributed by atoms with Crippen molar-refractivity contribution in [1.82, 2.24) is 0 Å². The second-order valence-electron chi connectivity index (χ2n) is 0. The van der Waals surface area contributed by atoms with Crippen molar-refractivity contribution in [2.75, 3.05) is 0 Å². The number of hydrogen-bond acceptors (Lipinski definition) is 0. The first-order valence-corrected chi connectivity index (χ1v) is 0. The van der Waals surface area contributed by atoms with Gasteiger partial charge in [0.2, 0.25) is 0 Å². The summed E-state index contributed by atoms with van der Waals surface area (Å²) in [5.41, 5.74) is 0. The van der Waals surface area contributed by atoms with E-state index in [1.165, 1.54) is 0 Å². The van der Waals surface area contributed by atoms with E-state index in [1.807, 2.05) is 0 Å². The Hall–Kier alpha value is 2.01. The first kappa shape index (κ1) is 37.3. The molecule has 0 aliphatic rings. The van der Waals surface area contributed by atoms with Gasteiger partial charge in [-0.05, 0) is 0 Å². The maximum Gasteiger partial charge on any atom is 2.00 e. The van der Waals surface area contributed by atoms with Gasteiger partial charge >= 0.3 is 33.0 Å². The van der Waals surface area contributed by atoms with Gasteiger partial charge in [-0.15, -0.1) is 0 Å². The molecule has 0 spiro atoms. The van der Waals surface area contributed by atoms with Gasteiger partial charge in [-0.3, -0.25) is 0 Å². The molecule has 20 valence electrons. The smallest absolute Gasteiger partial charge is 2.00 e. The van der Waals surface area contributed by atoms with E-state index in [0.717, 1.165) is 0 Å². The van der Waals surface area contributed by atoms with Gasteiger partial charge in [0.1, 0.15) is 0 Å². The molecule has 0 aliphatic heterocycles. The minimum atomic E-state index is 0. The summed E-state index contributed by atoms with van der Waals surface area (Å²) in [4.78, 5) is 0. The molecule has 0 nitrogen and oxygen atoms in total. The van der Waals surface area contributed by atoms with E-state index < -0.39 is 0 Å². The van der Waals surface area contributed by atoms with Gasteiger partial charge in [-0.25, -0.2) is 0 Å². The predicted octanol–water partition coefficient (Wildman–Crippen LogP) is -0.766. The largest absolute Gasteiger partial charge is 2.00 e. The molecule has 0 saturated heterocycles. The van der Waals surface area contributed by atoms with E-state index >= 15 is 0 Å². The summed E-state index contributed by atoms with van der Waals surface area (Å²) < 4.78 is 0. The first-order valence-electron chi connectivity index (χ1n) is 0. The molecule has 0 saturated carbocycles. The van der Waals surface area contributed by atoms with Crippen molar-refractivity contribution in [3.05, 3.63) is 0 Å². The van der Waals surface area contributed by atoms with Crippen molar-refractivity contribution < 1.29 is 19.5 Å². The van der Waals surface area contributed by atoms with E-state index in [4.69, 9.17) is 0 Å². The maximum atomic E-state index is 0. The zero-order valence-corrected chi connectivity index (χ0v) is 9.14. The number of hydrogen-bond donors (Lipinski definition) is 0. The van der Waals surface area contributed by atoms with Gasteiger partial charge in [0.25, 0.3) is 0 Å². The average molecular weight is 255 g/mol. The average Bonchev–Trinajstić information content (AvgIpc) is 0. The van der Waals surface area contributed by atoms with Crippen LogP contribution in [0.1, 0.15) is 0 Å². The summed E-state index contributed by atoms with van der Waals surface area (Å²) >= 11 is 0. The Kier molecular flexibility index (Phi) is 186. The standard InChI is InChI=1S/S.2Se.Zn/q+2;2*-2;+2. The van der Waals surface area contributed by atoms with Crippen molar-refractivity contribution in [2.24, 2.45) is 0 Å². The summed E-state index contributed by atoms with van der Waals surface area (Å²) in [5.74, 6) is 0. The van der Waals surface area contributed by atoms with Gasteiger partial charge in [0.05, 0.1) is 0 Å². The van der Waals surface area contributed by atoms with Gasteiger partial charge in [-0.2, -0.15) is 0 Å². The van der Waals surface area contributed by atoms with Crippen LogP contribution < -0.4 is 0 Å². The molecule has 0 aromatic heterocycles. The van der Waals surface area contributed by atoms with Gasteiger partial charge in [0, 0.05) is 0 Å². The van der Waals surface area contributed by atoms with Crippen molar-refractivity contribution in [3.63, 3.8) is 0 Å². The van der Waals surface area contributed by atoms with E-state index in [0.29, 0.717) is 0 Å². The fourth-order valence-corrected chi connectivity index (χ4v) is 0. The molecule has 4 heavy (non-hydrogen) atoms. The van der Waals surface area contributed by atoms with E-state index in [9.17, 15) is 0 Å². The molecule has 0 amide bonds. The van der Waals surface area contributed by atoms with Gasteiger partial charge < -0.3 is 34.1 Å². The van der Waals surface area contributed by atoms with Crippen LogP contribution in [0.4, 0.5) is 0 Å². The third-order valence-electron chi connectivity index (χ3n) is 0. The zero-order chi connectivity index (χ0) is 0. The summed E-state index contributed by atoms with van der Waals surface area (Å²) in [6.07, 6.45) is 0. The molecule has 0 heterocycles. The van der Waals surface area contributed by atoms with Crippen LogP contribution in [0.2, 0.25) is 0 Å². The van der Waals surface area contributed by atoms with Crippen molar-refractivity contribution >= 4 is 47.6 Å². The second kappa shape index (κ2) is 19.9. The van der Waals surface area contributed by atoms with E-state index in [1.54, 1.807) is 0 Å². The zero-order valence-electron chi connectivity index (χ0n) is 1.93. The minimum absolute atomic E-state index is 0. The summed E-state index contributed by atoms with van der Waals surface area (Å²) in [6.45, 7) is 0. The van der Waals surface area contributed by atoms with Crippen molar-refractivity contribution in [1.29, 1.82) is 0 Å². The van der Waals surface area contributed by atoms with Crippen LogP contribution >= 0.6 is 0 Å². The Morgan fingerprint density at radius 3 is 0.750 bits per heavy atom. The van der Waals surface area contributed by atoms with Crippen molar-refractivity contribution in [3.8, 4) is 0 Å². The SMILES string of the molecule is [S+2].[Se-2].[Se-2].[Zn+2]. The Balaban J connectivity index is 0. The maximum absolute atomic E-state index is 0. The van der Waals surface area contributed by atoms with Gasteiger partial charge in [0.15, 0.2) is 0 Å². The van der Waals surface area contributed by atoms with Crippen LogP contribution in [-0.4, -0.2) is 34.1 Å². The molecule has 4 radical (unpaired) electrons. The van der Waals surface area contributed by atoms with E-state index in [2.05, 4.69) is 0 Å². The van der Waals surface area contributed by atoms with Gasteiger partial charge in [-0.1, -0.05) is 0 Å². The summed E-state index contributed by atoms with van der Waals surface area (Å²) in [6, 6.07) is 0. The third kappa shape index (κ3) is 8.99. The van der Waals surface area contributed by atoms with Crippen molar-refractivity contribution in [2.45, 2.75) is 0 Å². The molecular formula is SSe2Zn. The molecule has 0 fully saturated rings. The fraction of sp³-hybridized carbons (Fsp3) is 0. The molecule has 0 aromatic rings. The van der Waals surface area contributed by atoms with Crippen LogP contribution in [0, 0.1) is 0 Å². The topological polar surface area (TPSA) is 0 Å². The van der Waals surface area contributed by atoms with Crippen LogP contribution in [0.25, 0.3) is 0 Å². The Morgan fingerprint density at radius 1 is 0.750 bits per heavy atom. The van der Waals surface area contributed by atoms with E-state index in [-0.39, 0.29) is 67.1 Å². The number of rotatable bonds is 0. The first-order chi connectivity index (χ1) is 0.